The Bertz CT molecular complexity index is 1480. The number of phenols is 1. The van der Waals surface area contributed by atoms with Gasteiger partial charge < -0.3 is 32.1 Å². The highest BCUT2D eigenvalue weighted by molar-refractivity contribution is 5.92. The van der Waals surface area contributed by atoms with Crippen molar-refractivity contribution < 1.29 is 24.3 Å². The Labute approximate surface area is 250 Å². The largest absolute Gasteiger partial charge is 0.508 e. The minimum absolute atomic E-state index is 0.127. The van der Waals surface area contributed by atoms with Crippen molar-refractivity contribution in [1.82, 2.24) is 15.5 Å². The third-order valence-electron chi connectivity index (χ3n) is 8.36. The average Bonchev–Trinajstić information content (AvgIpc) is 3.64. The van der Waals surface area contributed by atoms with Crippen LogP contribution >= 0.6 is 0 Å². The van der Waals surface area contributed by atoms with Crippen molar-refractivity contribution >= 4 is 23.6 Å². The number of aromatic hydroxyl groups is 1. The molecule has 0 aromatic heterocycles. The fourth-order valence-corrected chi connectivity index (χ4v) is 6.11. The standard InChI is InChI=1S/C33H37N5O5/c34-26(17-21-12-14-23(39)15-13-21)33(43)38-16-6-11-28(38)32(42)37-29-24-10-5-4-9-22(24)19-25(29)31(41)36-27(30(35)40)18-20-7-2-1-3-8-20/h1-5,7-10,12-15,25-29,39H,6,11,16-19,34H2,(H2,35,40)(H,36,41)(H,37,42)/t25-,26-,27-,28-,29+/m0/s1. The minimum Gasteiger partial charge on any atom is -0.508 e. The SMILES string of the molecule is NC(=O)[C@H](Cc1ccccc1)NC(=O)[C@H]1Cc2ccccc2[C@H]1NC(=O)[C@@H]1CCCN1C(=O)[C@@H](N)Cc1ccc(O)cc1. The van der Waals surface area contributed by atoms with Crippen LogP contribution in [0.2, 0.25) is 0 Å². The third-order valence-corrected chi connectivity index (χ3v) is 8.36. The van der Waals surface area contributed by atoms with Crippen molar-refractivity contribution in [3.05, 3.63) is 101 Å². The first kappa shape index (κ1) is 29.8. The Morgan fingerprint density at radius 3 is 2.28 bits per heavy atom. The van der Waals surface area contributed by atoms with Crippen LogP contribution in [0.1, 0.15) is 41.1 Å². The van der Waals surface area contributed by atoms with Gasteiger partial charge in [0.2, 0.25) is 23.6 Å². The van der Waals surface area contributed by atoms with E-state index in [9.17, 15) is 24.3 Å². The lowest BCUT2D eigenvalue weighted by molar-refractivity contribution is -0.140. The van der Waals surface area contributed by atoms with Gasteiger partial charge in [0.1, 0.15) is 17.8 Å². The van der Waals surface area contributed by atoms with E-state index in [0.717, 1.165) is 22.3 Å². The predicted octanol–water partition coefficient (Wildman–Crippen LogP) is 1.50. The van der Waals surface area contributed by atoms with E-state index in [1.165, 1.54) is 17.0 Å². The summed E-state index contributed by atoms with van der Waals surface area (Å²) in [5.41, 5.74) is 15.3. The van der Waals surface area contributed by atoms with Gasteiger partial charge in [-0.2, -0.15) is 0 Å². The van der Waals surface area contributed by atoms with Crippen LogP contribution in [0, 0.1) is 5.92 Å². The van der Waals surface area contributed by atoms with Crippen molar-refractivity contribution in [2.24, 2.45) is 17.4 Å². The molecule has 1 heterocycles. The van der Waals surface area contributed by atoms with E-state index in [1.54, 1.807) is 12.1 Å². The number of nitrogens with zero attached hydrogens (tertiary/aromatic N) is 1. The lowest BCUT2D eigenvalue weighted by Gasteiger charge is -2.29. The molecule has 10 heteroatoms. The van der Waals surface area contributed by atoms with Crippen LogP contribution in [-0.4, -0.2) is 58.3 Å². The molecule has 3 aromatic carbocycles. The van der Waals surface area contributed by atoms with E-state index in [4.69, 9.17) is 11.5 Å². The molecule has 224 valence electrons. The van der Waals surface area contributed by atoms with Gasteiger partial charge in [0.05, 0.1) is 18.0 Å². The van der Waals surface area contributed by atoms with Crippen molar-refractivity contribution in [2.45, 2.75) is 56.3 Å². The molecule has 0 saturated carbocycles. The molecule has 3 aromatic rings. The molecule has 1 aliphatic heterocycles. The fourth-order valence-electron chi connectivity index (χ4n) is 6.11. The van der Waals surface area contributed by atoms with Gasteiger partial charge >= 0.3 is 0 Å². The summed E-state index contributed by atoms with van der Waals surface area (Å²) in [6.07, 6.45) is 2.04. The third kappa shape index (κ3) is 6.86. The van der Waals surface area contributed by atoms with Crippen LogP contribution in [0.25, 0.3) is 0 Å². The zero-order valence-corrected chi connectivity index (χ0v) is 23.8. The van der Waals surface area contributed by atoms with Gasteiger partial charge in [0, 0.05) is 13.0 Å². The summed E-state index contributed by atoms with van der Waals surface area (Å²) in [5.74, 6) is -2.23. The van der Waals surface area contributed by atoms with E-state index in [0.29, 0.717) is 25.8 Å². The van der Waals surface area contributed by atoms with Gasteiger partial charge in [-0.3, -0.25) is 19.2 Å². The highest BCUT2D eigenvalue weighted by atomic mass is 16.3. The van der Waals surface area contributed by atoms with Crippen LogP contribution in [0.3, 0.4) is 0 Å². The normalized spacial score (nSPS) is 20.6. The Kier molecular flexibility index (Phi) is 9.06. The molecule has 10 nitrogen and oxygen atoms in total. The second-order valence-electron chi connectivity index (χ2n) is 11.3. The lowest BCUT2D eigenvalue weighted by atomic mass is 9.97. The monoisotopic (exact) mass is 583 g/mol. The maximum Gasteiger partial charge on any atom is 0.243 e. The van der Waals surface area contributed by atoms with Crippen molar-refractivity contribution in [3.8, 4) is 5.75 Å². The molecule has 1 saturated heterocycles. The van der Waals surface area contributed by atoms with E-state index in [1.807, 2.05) is 54.6 Å². The molecule has 7 N–H and O–H groups in total. The summed E-state index contributed by atoms with van der Waals surface area (Å²) in [6, 6.07) is 20.2. The number of hydrogen-bond acceptors (Lipinski definition) is 6. The molecular weight excluding hydrogens is 546 g/mol. The molecule has 5 atom stereocenters. The molecule has 0 radical (unpaired) electrons. The Morgan fingerprint density at radius 1 is 0.884 bits per heavy atom. The van der Waals surface area contributed by atoms with Gasteiger partial charge in [0.15, 0.2) is 0 Å². The Hall–Kier alpha value is -4.70. The van der Waals surface area contributed by atoms with E-state index in [2.05, 4.69) is 10.6 Å². The number of rotatable bonds is 10. The number of carbonyl (C=O) groups is 4. The molecule has 1 fully saturated rings. The number of hydrogen-bond donors (Lipinski definition) is 5. The number of amides is 4. The van der Waals surface area contributed by atoms with Crippen molar-refractivity contribution in [1.29, 1.82) is 0 Å². The maximum absolute atomic E-state index is 13.7. The summed E-state index contributed by atoms with van der Waals surface area (Å²) in [6.45, 7) is 0.408. The summed E-state index contributed by atoms with van der Waals surface area (Å²) < 4.78 is 0. The van der Waals surface area contributed by atoms with Gasteiger partial charge in [-0.05, 0) is 60.1 Å². The average molecular weight is 584 g/mol. The summed E-state index contributed by atoms with van der Waals surface area (Å²) >= 11 is 0. The zero-order valence-electron chi connectivity index (χ0n) is 23.8. The van der Waals surface area contributed by atoms with E-state index < -0.39 is 36.0 Å². The first-order chi connectivity index (χ1) is 20.7. The molecule has 0 spiro atoms. The minimum atomic E-state index is -0.909. The maximum atomic E-state index is 13.7. The van der Waals surface area contributed by atoms with Crippen LogP contribution < -0.4 is 22.1 Å². The highest BCUT2D eigenvalue weighted by Gasteiger charge is 2.42. The summed E-state index contributed by atoms with van der Waals surface area (Å²) in [7, 11) is 0. The Balaban J connectivity index is 1.29. The van der Waals surface area contributed by atoms with Crippen LogP contribution in [0.4, 0.5) is 0 Å². The molecule has 1 aliphatic carbocycles. The van der Waals surface area contributed by atoms with Gasteiger partial charge in [-0.25, -0.2) is 0 Å². The number of nitrogens with one attached hydrogen (secondary N) is 2. The van der Waals surface area contributed by atoms with E-state index >= 15 is 0 Å². The van der Waals surface area contributed by atoms with Crippen LogP contribution in [0.15, 0.2) is 78.9 Å². The van der Waals surface area contributed by atoms with Crippen LogP contribution in [0.5, 0.6) is 5.75 Å². The fraction of sp³-hybridized carbons (Fsp3) is 0.333. The summed E-state index contributed by atoms with van der Waals surface area (Å²) in [5, 5.41) is 15.4. The number of likely N-dealkylation sites (tertiary alicyclic amines) is 1. The van der Waals surface area contributed by atoms with Gasteiger partial charge in [0.25, 0.3) is 0 Å². The summed E-state index contributed by atoms with van der Waals surface area (Å²) in [4.78, 5) is 54.5. The van der Waals surface area contributed by atoms with Crippen molar-refractivity contribution in [3.63, 3.8) is 0 Å². The lowest BCUT2D eigenvalue weighted by Crippen LogP contribution is -2.53. The topological polar surface area (TPSA) is 168 Å². The quantitative estimate of drug-likeness (QED) is 0.242. The number of benzene rings is 3. The molecule has 0 unspecified atom stereocenters. The zero-order chi connectivity index (χ0) is 30.5. The highest BCUT2D eigenvalue weighted by Crippen LogP contribution is 2.37. The number of carbonyl (C=O) groups excluding carboxylic acids is 4. The van der Waals surface area contributed by atoms with Crippen molar-refractivity contribution in [2.75, 3.05) is 6.54 Å². The smallest absolute Gasteiger partial charge is 0.243 e. The second kappa shape index (κ2) is 13.1. The first-order valence-electron chi connectivity index (χ1n) is 14.6. The number of primary amides is 1. The molecule has 5 rings (SSSR count). The number of phenolic OH excluding ortho intramolecular Hbond substituents is 1. The van der Waals surface area contributed by atoms with Gasteiger partial charge in [-0.1, -0.05) is 66.7 Å². The second-order valence-corrected chi connectivity index (χ2v) is 11.3. The van der Waals surface area contributed by atoms with Crippen LogP contribution in [-0.2, 0) is 38.4 Å². The van der Waals surface area contributed by atoms with E-state index in [-0.39, 0.29) is 36.3 Å². The molecular formula is C33H37N5O5. The predicted molar refractivity (Wildman–Crippen MR) is 160 cm³/mol. The molecule has 0 bridgehead atoms. The first-order valence-corrected chi connectivity index (χ1v) is 14.6. The molecule has 43 heavy (non-hydrogen) atoms. The van der Waals surface area contributed by atoms with Gasteiger partial charge in [-0.15, -0.1) is 0 Å². The molecule has 2 aliphatic rings. The molecule has 4 amide bonds. The number of fused-ring (bicyclic) bond motifs is 1. The number of nitrogens with two attached hydrogens (primary N) is 2. The Morgan fingerprint density at radius 2 is 1.56 bits per heavy atom.